The number of anilines is 1. The summed E-state index contributed by atoms with van der Waals surface area (Å²) in [5.41, 5.74) is 0.454. The van der Waals surface area contributed by atoms with Gasteiger partial charge in [0.15, 0.2) is 5.16 Å². The first-order chi connectivity index (χ1) is 14.3. The van der Waals surface area contributed by atoms with Crippen LogP contribution in [0, 0.1) is 0 Å². The molecular formula is C21H31N5O3S. The zero-order valence-electron chi connectivity index (χ0n) is 18.3. The van der Waals surface area contributed by atoms with Crippen molar-refractivity contribution in [2.24, 2.45) is 0 Å². The molecule has 0 spiro atoms. The highest BCUT2D eigenvalue weighted by molar-refractivity contribution is 7.98. The summed E-state index contributed by atoms with van der Waals surface area (Å²) in [6, 6.07) is 0.172. The summed E-state index contributed by atoms with van der Waals surface area (Å²) < 4.78 is 5.52. The lowest BCUT2D eigenvalue weighted by Gasteiger charge is -2.41. The molecule has 1 atom stereocenters. The Morgan fingerprint density at radius 2 is 1.93 bits per heavy atom. The van der Waals surface area contributed by atoms with Crippen LogP contribution in [0.4, 0.5) is 15.4 Å². The van der Waals surface area contributed by atoms with Crippen LogP contribution in [0.3, 0.4) is 0 Å². The van der Waals surface area contributed by atoms with E-state index in [0.29, 0.717) is 24.8 Å². The fourth-order valence-corrected chi connectivity index (χ4v) is 4.88. The van der Waals surface area contributed by atoms with Crippen molar-refractivity contribution < 1.29 is 14.3 Å². The van der Waals surface area contributed by atoms with Crippen molar-refractivity contribution in [1.82, 2.24) is 19.8 Å². The van der Waals surface area contributed by atoms with Gasteiger partial charge in [-0.15, -0.1) is 0 Å². The number of thioether (sulfide) groups is 1. The molecule has 0 N–H and O–H groups in total. The molecule has 9 heteroatoms. The lowest BCUT2D eigenvalue weighted by atomic mass is 10.1. The van der Waals surface area contributed by atoms with Crippen LogP contribution < -0.4 is 4.90 Å². The Morgan fingerprint density at radius 1 is 1.20 bits per heavy atom. The van der Waals surface area contributed by atoms with Gasteiger partial charge in [-0.25, -0.2) is 19.6 Å². The average Bonchev–Trinajstić information content (AvgIpc) is 3.38. The number of carbonyl (C=O) groups excluding carboxylic acids is 2. The summed E-state index contributed by atoms with van der Waals surface area (Å²) in [6.45, 7) is 7.18. The maximum absolute atomic E-state index is 13.6. The van der Waals surface area contributed by atoms with Gasteiger partial charge in [-0.1, -0.05) is 24.6 Å². The fraction of sp³-hybridized carbons (Fsp3) is 0.714. The van der Waals surface area contributed by atoms with Crippen LogP contribution in [-0.4, -0.2) is 68.9 Å². The molecule has 1 saturated carbocycles. The number of amides is 3. The smallest absolute Gasteiger partial charge is 0.410 e. The molecule has 2 aliphatic heterocycles. The Balaban J connectivity index is 1.56. The van der Waals surface area contributed by atoms with E-state index >= 15 is 0 Å². The normalized spacial score (nSPS) is 22.6. The molecule has 0 aromatic carbocycles. The number of hydrogen-bond acceptors (Lipinski definition) is 6. The van der Waals surface area contributed by atoms with Crippen LogP contribution in [0.15, 0.2) is 11.4 Å². The molecule has 1 saturated heterocycles. The number of fused-ring (bicyclic) bond motifs is 1. The van der Waals surface area contributed by atoms with E-state index in [9.17, 15) is 9.59 Å². The van der Waals surface area contributed by atoms with E-state index in [-0.39, 0.29) is 24.2 Å². The standard InChI is InChI=1S/C21H31N5O3S/c1-21(2,3)29-20(28)24-10-9-16(13-24)25-12-14-11-22-18(30-4)23-17(14)26(19(25)27)15-7-5-6-8-15/h11,15-16H,5-10,12-13H2,1-4H3/t16-/m1/s1. The van der Waals surface area contributed by atoms with Crippen molar-refractivity contribution in [3.8, 4) is 0 Å². The number of likely N-dealkylation sites (tertiary alicyclic amines) is 1. The largest absolute Gasteiger partial charge is 0.444 e. The van der Waals surface area contributed by atoms with Gasteiger partial charge in [0.1, 0.15) is 11.4 Å². The Labute approximate surface area is 182 Å². The van der Waals surface area contributed by atoms with E-state index < -0.39 is 5.60 Å². The maximum atomic E-state index is 13.6. The quantitative estimate of drug-likeness (QED) is 0.531. The summed E-state index contributed by atoms with van der Waals surface area (Å²) in [5, 5.41) is 0.690. The second-order valence-electron chi connectivity index (χ2n) is 9.29. The van der Waals surface area contributed by atoms with Gasteiger partial charge >= 0.3 is 12.1 Å². The monoisotopic (exact) mass is 433 g/mol. The molecule has 4 rings (SSSR count). The van der Waals surface area contributed by atoms with Crippen molar-refractivity contribution in [3.63, 3.8) is 0 Å². The number of rotatable bonds is 3. The van der Waals surface area contributed by atoms with Crippen LogP contribution in [0.1, 0.15) is 58.4 Å². The van der Waals surface area contributed by atoms with Gasteiger partial charge in [0.05, 0.1) is 12.6 Å². The third kappa shape index (κ3) is 4.22. The van der Waals surface area contributed by atoms with E-state index in [2.05, 4.69) is 4.98 Å². The molecule has 1 aromatic rings. The number of ether oxygens (including phenoxy) is 1. The molecule has 30 heavy (non-hydrogen) atoms. The van der Waals surface area contributed by atoms with E-state index in [4.69, 9.17) is 9.72 Å². The van der Waals surface area contributed by atoms with Crippen LogP contribution in [0.5, 0.6) is 0 Å². The van der Waals surface area contributed by atoms with Crippen LogP contribution in [0.25, 0.3) is 0 Å². The third-order valence-electron chi connectivity index (χ3n) is 5.97. The fourth-order valence-electron chi connectivity index (χ4n) is 4.55. The molecule has 3 heterocycles. The molecule has 0 bridgehead atoms. The lowest BCUT2D eigenvalue weighted by molar-refractivity contribution is 0.0282. The Hall–Kier alpha value is -2.03. The molecule has 3 amide bonds. The molecule has 164 valence electrons. The van der Waals surface area contributed by atoms with Gasteiger partial charge < -0.3 is 14.5 Å². The van der Waals surface area contributed by atoms with Gasteiger partial charge in [0.25, 0.3) is 0 Å². The molecule has 1 aromatic heterocycles. The third-order valence-corrected chi connectivity index (χ3v) is 6.53. The Morgan fingerprint density at radius 3 is 2.60 bits per heavy atom. The topological polar surface area (TPSA) is 78.9 Å². The second kappa shape index (κ2) is 8.24. The lowest BCUT2D eigenvalue weighted by Crippen LogP contribution is -2.55. The minimum Gasteiger partial charge on any atom is -0.444 e. The van der Waals surface area contributed by atoms with Crippen molar-refractivity contribution in [3.05, 3.63) is 11.8 Å². The zero-order valence-corrected chi connectivity index (χ0v) is 19.1. The van der Waals surface area contributed by atoms with E-state index in [1.807, 2.05) is 43.0 Å². The summed E-state index contributed by atoms with van der Waals surface area (Å²) in [7, 11) is 0. The predicted octanol–water partition coefficient (Wildman–Crippen LogP) is 3.89. The molecule has 0 unspecified atom stereocenters. The molecule has 0 radical (unpaired) electrons. The number of carbonyl (C=O) groups is 2. The highest BCUT2D eigenvalue weighted by atomic mass is 32.2. The first kappa shape index (κ1) is 21.2. The summed E-state index contributed by atoms with van der Waals surface area (Å²) >= 11 is 1.49. The van der Waals surface area contributed by atoms with Crippen molar-refractivity contribution in [2.75, 3.05) is 24.2 Å². The highest BCUT2D eigenvalue weighted by Gasteiger charge is 2.43. The first-order valence-electron chi connectivity index (χ1n) is 10.7. The van der Waals surface area contributed by atoms with Crippen LogP contribution >= 0.6 is 11.8 Å². The molecule has 8 nitrogen and oxygen atoms in total. The minimum atomic E-state index is -0.527. The maximum Gasteiger partial charge on any atom is 0.410 e. The number of aromatic nitrogens is 2. The number of urea groups is 1. The number of nitrogens with zero attached hydrogens (tertiary/aromatic N) is 5. The minimum absolute atomic E-state index is 0.0104. The van der Waals surface area contributed by atoms with Gasteiger partial charge in [-0.3, -0.25) is 4.90 Å². The van der Waals surface area contributed by atoms with Crippen molar-refractivity contribution >= 4 is 29.7 Å². The van der Waals surface area contributed by atoms with Crippen LogP contribution in [-0.2, 0) is 11.3 Å². The van der Waals surface area contributed by atoms with Gasteiger partial charge in [0.2, 0.25) is 0 Å². The van der Waals surface area contributed by atoms with Crippen molar-refractivity contribution in [1.29, 1.82) is 0 Å². The van der Waals surface area contributed by atoms with Crippen molar-refractivity contribution in [2.45, 2.75) is 82.3 Å². The summed E-state index contributed by atoms with van der Waals surface area (Å²) in [4.78, 5) is 40.8. The predicted molar refractivity (Wildman–Crippen MR) is 116 cm³/mol. The second-order valence-corrected chi connectivity index (χ2v) is 10.1. The highest BCUT2D eigenvalue weighted by Crippen LogP contribution is 2.36. The molecule has 2 fully saturated rings. The first-order valence-corrected chi connectivity index (χ1v) is 12.0. The Bertz CT molecular complexity index is 821. The molecular weight excluding hydrogens is 402 g/mol. The number of hydrogen-bond donors (Lipinski definition) is 0. The zero-order chi connectivity index (χ0) is 21.5. The molecule has 1 aliphatic carbocycles. The van der Waals surface area contributed by atoms with Crippen LogP contribution in [0.2, 0.25) is 0 Å². The van der Waals surface area contributed by atoms with E-state index in [1.165, 1.54) is 11.8 Å². The van der Waals surface area contributed by atoms with Gasteiger partial charge in [0, 0.05) is 30.9 Å². The van der Waals surface area contributed by atoms with E-state index in [1.54, 1.807) is 4.90 Å². The Kier molecular flexibility index (Phi) is 5.83. The van der Waals surface area contributed by atoms with Gasteiger partial charge in [-0.2, -0.15) is 0 Å². The van der Waals surface area contributed by atoms with E-state index in [0.717, 1.165) is 43.5 Å². The average molecular weight is 434 g/mol. The van der Waals surface area contributed by atoms with Gasteiger partial charge in [-0.05, 0) is 46.3 Å². The summed E-state index contributed by atoms with van der Waals surface area (Å²) in [6.07, 6.45) is 8.54. The molecule has 3 aliphatic rings. The SMILES string of the molecule is CSc1ncc2c(n1)N(C1CCCC1)C(=O)N([C@@H]1CCN(C(=O)OC(C)(C)C)C1)C2. The summed E-state index contributed by atoms with van der Waals surface area (Å²) in [5.74, 6) is 0.768.